The topological polar surface area (TPSA) is 106 Å². The van der Waals surface area contributed by atoms with E-state index in [0.29, 0.717) is 48.9 Å². The number of carbonyl (C=O) groups excluding carboxylic acids is 1. The van der Waals surface area contributed by atoms with E-state index in [-0.39, 0.29) is 22.2 Å². The van der Waals surface area contributed by atoms with E-state index >= 15 is 0 Å². The average molecular weight is 572 g/mol. The minimum absolute atomic E-state index is 0.207. The third kappa shape index (κ3) is 5.55. The van der Waals surface area contributed by atoms with Gasteiger partial charge in [0, 0.05) is 63.1 Å². The summed E-state index contributed by atoms with van der Waals surface area (Å²) >= 11 is 0. The first-order valence-electron chi connectivity index (χ1n) is 14.0. The van der Waals surface area contributed by atoms with Crippen molar-refractivity contribution in [1.82, 2.24) is 24.5 Å². The molecule has 6 rings (SSSR count). The highest BCUT2D eigenvalue weighted by Gasteiger charge is 2.37. The molecule has 0 saturated carbocycles. The number of rotatable bonds is 6. The summed E-state index contributed by atoms with van der Waals surface area (Å²) in [6.07, 6.45) is 3.99. The van der Waals surface area contributed by atoms with Gasteiger partial charge in [-0.2, -0.15) is 5.10 Å². The Morgan fingerprint density at radius 2 is 1.75 bits per heavy atom. The van der Waals surface area contributed by atoms with Gasteiger partial charge in [0.15, 0.2) is 15.5 Å². The zero-order valence-corrected chi connectivity index (χ0v) is 23.8. The third-order valence-electron chi connectivity index (χ3n) is 8.16. The van der Waals surface area contributed by atoms with Crippen molar-refractivity contribution < 1.29 is 27.4 Å². The van der Waals surface area contributed by atoms with Crippen LogP contribution >= 0.6 is 0 Å². The lowest BCUT2D eigenvalue weighted by Gasteiger charge is -2.32. The van der Waals surface area contributed by atoms with Crippen molar-refractivity contribution in [2.24, 2.45) is 0 Å². The fourth-order valence-corrected chi connectivity index (χ4v) is 7.58. The van der Waals surface area contributed by atoms with Gasteiger partial charge in [-0.1, -0.05) is 0 Å². The van der Waals surface area contributed by atoms with Gasteiger partial charge in [0.25, 0.3) is 5.91 Å². The first-order chi connectivity index (χ1) is 19.4. The molecule has 4 aliphatic rings. The highest BCUT2D eigenvalue weighted by molar-refractivity contribution is 7.90. The molecule has 0 atom stereocenters. The van der Waals surface area contributed by atoms with Gasteiger partial charge in [-0.25, -0.2) is 13.1 Å². The number of methoxy groups -OCH3 is 1. The molecule has 2 aromatic rings. The van der Waals surface area contributed by atoms with Crippen LogP contribution in [0.1, 0.15) is 28.9 Å². The predicted octanol–water partition coefficient (Wildman–Crippen LogP) is 1.59. The van der Waals surface area contributed by atoms with E-state index in [1.165, 1.54) is 12.7 Å². The van der Waals surface area contributed by atoms with Crippen LogP contribution in [0.4, 0.5) is 0 Å². The van der Waals surface area contributed by atoms with E-state index in [0.717, 1.165) is 65.3 Å². The van der Waals surface area contributed by atoms with E-state index in [1.54, 1.807) is 27.8 Å². The Hall–Kier alpha value is -2.77. The average Bonchev–Trinajstić information content (AvgIpc) is 3.33. The molecule has 0 aliphatic carbocycles. The number of hydrogen-bond donors (Lipinski definition) is 0. The first-order valence-corrected chi connectivity index (χ1v) is 15.7. The number of carbonyl (C=O) groups is 1. The Balaban J connectivity index is 1.35. The maximum absolute atomic E-state index is 13.6. The number of ether oxygens (including phenoxy) is 3. The van der Waals surface area contributed by atoms with Crippen molar-refractivity contribution >= 4 is 21.9 Å². The number of amides is 1. The second-order valence-electron chi connectivity index (χ2n) is 10.8. The summed E-state index contributed by atoms with van der Waals surface area (Å²) in [5, 5.41) is 4.78. The second-order valence-corrected chi connectivity index (χ2v) is 12.7. The highest BCUT2D eigenvalue weighted by atomic mass is 32.2. The minimum atomic E-state index is -3.69. The Kier molecular flexibility index (Phi) is 7.95. The number of hydrogen-bond acceptors (Lipinski definition) is 9. The summed E-state index contributed by atoms with van der Waals surface area (Å²) < 4.78 is 44.8. The van der Waals surface area contributed by atoms with Crippen LogP contribution in [0, 0.1) is 0 Å². The molecule has 12 heteroatoms. The molecule has 3 fully saturated rings. The number of benzene rings is 1. The molecule has 1 aromatic heterocycles. The molecule has 5 heterocycles. The lowest BCUT2D eigenvalue weighted by molar-refractivity contribution is 0.0298. The first kappa shape index (κ1) is 27.4. The number of nitrogens with zero attached hydrogens (tertiary/aromatic N) is 5. The van der Waals surface area contributed by atoms with Crippen molar-refractivity contribution in [2.75, 3.05) is 85.9 Å². The quantitative estimate of drug-likeness (QED) is 0.511. The molecular weight excluding hydrogens is 534 g/mol. The SMILES string of the molecule is COc1ccc2c(c1)S(=O)(=O)Cc1c(C(=O)N3CCOCC3)nn(C=C3CCCN(CCN4CCOCC4)C3)c1-2. The zero-order chi connectivity index (χ0) is 27.7. The van der Waals surface area contributed by atoms with Crippen molar-refractivity contribution in [3.8, 4) is 17.0 Å². The van der Waals surface area contributed by atoms with E-state index in [1.807, 2.05) is 6.20 Å². The minimum Gasteiger partial charge on any atom is -0.497 e. The fourth-order valence-electron chi connectivity index (χ4n) is 5.97. The molecule has 1 aromatic carbocycles. The van der Waals surface area contributed by atoms with Crippen LogP contribution in [0.25, 0.3) is 17.5 Å². The molecule has 0 bridgehead atoms. The summed E-state index contributed by atoms with van der Waals surface area (Å²) in [6, 6.07) is 5.08. The van der Waals surface area contributed by atoms with Gasteiger partial charge in [-0.3, -0.25) is 14.6 Å². The van der Waals surface area contributed by atoms with Crippen LogP contribution < -0.4 is 4.74 Å². The Morgan fingerprint density at radius 3 is 2.50 bits per heavy atom. The van der Waals surface area contributed by atoms with E-state index in [4.69, 9.17) is 19.3 Å². The van der Waals surface area contributed by atoms with Gasteiger partial charge in [0.2, 0.25) is 0 Å². The molecule has 216 valence electrons. The standard InChI is InChI=1S/C28H37N5O6S/c1-37-22-4-5-23-25(17-22)40(35,36)20-24-26(28(34)32-11-15-39-16-12-32)29-33(27(23)24)19-21-3-2-6-31(18-21)8-7-30-9-13-38-14-10-30/h4-5,17,19H,2-3,6-16,18,20H2,1H3. The van der Waals surface area contributed by atoms with Gasteiger partial charge in [-0.15, -0.1) is 0 Å². The molecule has 0 N–H and O–H groups in total. The normalized spacial score (nSPS) is 22.6. The fraction of sp³-hybridized carbons (Fsp3) is 0.571. The van der Waals surface area contributed by atoms with Gasteiger partial charge in [-0.05, 0) is 43.2 Å². The van der Waals surface area contributed by atoms with Crippen LogP contribution in [-0.2, 0) is 25.1 Å². The number of fused-ring (bicyclic) bond motifs is 3. The van der Waals surface area contributed by atoms with E-state index in [9.17, 15) is 13.2 Å². The van der Waals surface area contributed by atoms with Gasteiger partial charge in [0.1, 0.15) is 5.75 Å². The van der Waals surface area contributed by atoms with Gasteiger partial charge >= 0.3 is 0 Å². The highest BCUT2D eigenvalue weighted by Crippen LogP contribution is 2.41. The zero-order valence-electron chi connectivity index (χ0n) is 23.0. The van der Waals surface area contributed by atoms with E-state index in [2.05, 4.69) is 9.80 Å². The predicted molar refractivity (Wildman–Crippen MR) is 149 cm³/mol. The van der Waals surface area contributed by atoms with Gasteiger partial charge < -0.3 is 19.1 Å². The van der Waals surface area contributed by atoms with Crippen LogP contribution in [-0.4, -0.2) is 125 Å². The molecule has 0 unspecified atom stereocenters. The summed E-state index contributed by atoms with van der Waals surface area (Å²) in [4.78, 5) is 20.4. The number of piperidine rings is 1. The van der Waals surface area contributed by atoms with Crippen molar-refractivity contribution in [2.45, 2.75) is 23.5 Å². The Morgan fingerprint density at radius 1 is 1.02 bits per heavy atom. The maximum atomic E-state index is 13.6. The number of morpholine rings is 2. The summed E-state index contributed by atoms with van der Waals surface area (Å²) in [6.45, 7) is 9.23. The molecule has 4 aliphatic heterocycles. The molecular formula is C28H37N5O6S. The van der Waals surface area contributed by atoms with Crippen molar-refractivity contribution in [1.29, 1.82) is 0 Å². The van der Waals surface area contributed by atoms with Gasteiger partial charge in [0.05, 0.1) is 49.9 Å². The van der Waals surface area contributed by atoms with Crippen LogP contribution in [0.3, 0.4) is 0 Å². The molecule has 11 nitrogen and oxygen atoms in total. The molecule has 3 saturated heterocycles. The Bertz CT molecular complexity index is 1390. The van der Waals surface area contributed by atoms with Crippen LogP contribution in [0.2, 0.25) is 0 Å². The molecule has 0 spiro atoms. The smallest absolute Gasteiger partial charge is 0.274 e. The van der Waals surface area contributed by atoms with Crippen molar-refractivity contribution in [3.05, 3.63) is 35.0 Å². The molecule has 0 radical (unpaired) electrons. The monoisotopic (exact) mass is 571 g/mol. The molecule has 40 heavy (non-hydrogen) atoms. The van der Waals surface area contributed by atoms with Crippen molar-refractivity contribution in [3.63, 3.8) is 0 Å². The summed E-state index contributed by atoms with van der Waals surface area (Å²) in [5.41, 5.74) is 3.10. The maximum Gasteiger partial charge on any atom is 0.274 e. The van der Waals surface area contributed by atoms with E-state index < -0.39 is 9.84 Å². The summed E-state index contributed by atoms with van der Waals surface area (Å²) in [7, 11) is -2.17. The second kappa shape index (κ2) is 11.6. The number of aromatic nitrogens is 2. The van der Waals surface area contributed by atoms with Crippen LogP contribution in [0.5, 0.6) is 5.75 Å². The summed E-state index contributed by atoms with van der Waals surface area (Å²) in [5.74, 6) is -0.0504. The number of sulfone groups is 1. The molecule has 1 amide bonds. The van der Waals surface area contributed by atoms with Crippen LogP contribution in [0.15, 0.2) is 28.7 Å². The Labute approximate surface area is 235 Å². The number of likely N-dealkylation sites (tertiary alicyclic amines) is 1. The largest absolute Gasteiger partial charge is 0.497 e. The lowest BCUT2D eigenvalue weighted by Crippen LogP contribution is -2.43. The third-order valence-corrected chi connectivity index (χ3v) is 9.84. The lowest BCUT2D eigenvalue weighted by atomic mass is 10.0.